The van der Waals surface area contributed by atoms with Crippen molar-refractivity contribution in [3.05, 3.63) is 41.3 Å². The number of pyridine rings is 2. The van der Waals surface area contributed by atoms with Gasteiger partial charge in [0.25, 0.3) is 5.91 Å². The molecule has 3 rings (SSSR count). The van der Waals surface area contributed by atoms with Crippen molar-refractivity contribution in [2.45, 2.75) is 32.7 Å². The number of rotatable bonds is 5. The van der Waals surface area contributed by atoms with Crippen LogP contribution in [0.25, 0.3) is 0 Å². The lowest BCUT2D eigenvalue weighted by Crippen LogP contribution is -2.35. The molecule has 0 atom stereocenters. The van der Waals surface area contributed by atoms with Crippen molar-refractivity contribution in [2.24, 2.45) is 5.73 Å². The van der Waals surface area contributed by atoms with Gasteiger partial charge in [-0.05, 0) is 63.5 Å². The lowest BCUT2D eigenvalue weighted by Gasteiger charge is -2.25. The van der Waals surface area contributed by atoms with Crippen LogP contribution in [0.1, 0.15) is 34.6 Å². The van der Waals surface area contributed by atoms with Gasteiger partial charge in [-0.3, -0.25) is 4.79 Å². The van der Waals surface area contributed by atoms with Gasteiger partial charge >= 0.3 is 0 Å². The number of amides is 1. The van der Waals surface area contributed by atoms with E-state index in [1.165, 1.54) is 0 Å². The minimum Gasteiger partial charge on any atom is -0.381 e. The molecule has 25 heavy (non-hydrogen) atoms. The topological polar surface area (TPSA) is 105 Å². The second kappa shape index (κ2) is 7.48. The second-order valence-corrected chi connectivity index (χ2v) is 6.45. The summed E-state index contributed by atoms with van der Waals surface area (Å²) in [6, 6.07) is 6.18. The molecule has 132 valence electrons. The number of nitrogens with one attached hydrogen (secondary N) is 3. The van der Waals surface area contributed by atoms with Gasteiger partial charge in [-0.15, -0.1) is 0 Å². The molecule has 3 heterocycles. The highest BCUT2D eigenvalue weighted by atomic mass is 16.1. The van der Waals surface area contributed by atoms with Crippen molar-refractivity contribution in [1.82, 2.24) is 15.3 Å². The van der Waals surface area contributed by atoms with E-state index in [0.717, 1.165) is 42.9 Å². The fourth-order valence-electron chi connectivity index (χ4n) is 3.08. The molecule has 0 radical (unpaired) electrons. The maximum absolute atomic E-state index is 11.7. The van der Waals surface area contributed by atoms with E-state index >= 15 is 0 Å². The smallest absolute Gasteiger partial charge is 0.269 e. The van der Waals surface area contributed by atoms with E-state index in [9.17, 15) is 4.79 Å². The monoisotopic (exact) mass is 340 g/mol. The second-order valence-electron chi connectivity index (χ2n) is 6.45. The predicted octanol–water partition coefficient (Wildman–Crippen LogP) is 2.10. The van der Waals surface area contributed by atoms with Gasteiger partial charge < -0.3 is 21.7 Å². The summed E-state index contributed by atoms with van der Waals surface area (Å²) in [6.45, 7) is 5.94. The maximum atomic E-state index is 11.7. The number of aromatic nitrogens is 2. The van der Waals surface area contributed by atoms with Gasteiger partial charge in [0.1, 0.15) is 5.82 Å². The van der Waals surface area contributed by atoms with Gasteiger partial charge in [-0.2, -0.15) is 0 Å². The van der Waals surface area contributed by atoms with Crippen LogP contribution in [0.5, 0.6) is 0 Å². The molecule has 1 amide bonds. The van der Waals surface area contributed by atoms with E-state index in [4.69, 9.17) is 5.73 Å². The summed E-state index contributed by atoms with van der Waals surface area (Å²) >= 11 is 0. The number of anilines is 3. The molecular weight excluding hydrogens is 316 g/mol. The van der Waals surface area contributed by atoms with E-state index < -0.39 is 5.91 Å². The molecule has 0 aliphatic carbocycles. The van der Waals surface area contributed by atoms with Crippen molar-refractivity contribution in [1.29, 1.82) is 0 Å². The molecule has 2 aromatic heterocycles. The normalized spacial score (nSPS) is 15.0. The Morgan fingerprint density at radius 2 is 2.00 bits per heavy atom. The predicted molar refractivity (Wildman–Crippen MR) is 99.3 cm³/mol. The molecule has 7 nitrogen and oxygen atoms in total. The molecule has 0 unspecified atom stereocenters. The number of piperidine rings is 1. The first-order valence-electron chi connectivity index (χ1n) is 8.50. The van der Waals surface area contributed by atoms with Crippen molar-refractivity contribution >= 4 is 23.1 Å². The first-order valence-corrected chi connectivity index (χ1v) is 8.50. The van der Waals surface area contributed by atoms with Gasteiger partial charge in [0.05, 0.1) is 17.6 Å². The first-order chi connectivity index (χ1) is 12.0. The zero-order valence-electron chi connectivity index (χ0n) is 14.6. The molecule has 1 aliphatic heterocycles. The third-order valence-electron chi connectivity index (χ3n) is 4.19. The SMILES string of the molecule is Cc1cc(C)nc(Nc2cc(NC3CCNCC3)cnc2C(N)=O)c1. The van der Waals surface area contributed by atoms with Crippen molar-refractivity contribution in [3.8, 4) is 0 Å². The lowest BCUT2D eigenvalue weighted by molar-refractivity contribution is 0.0996. The number of carbonyl (C=O) groups excluding carboxylic acids is 1. The summed E-state index contributed by atoms with van der Waals surface area (Å²) in [7, 11) is 0. The molecule has 0 saturated carbocycles. The highest BCUT2D eigenvalue weighted by Crippen LogP contribution is 2.24. The van der Waals surface area contributed by atoms with Crippen LogP contribution >= 0.6 is 0 Å². The molecule has 0 aromatic carbocycles. The third kappa shape index (κ3) is 4.45. The molecule has 0 bridgehead atoms. The fourth-order valence-corrected chi connectivity index (χ4v) is 3.08. The van der Waals surface area contributed by atoms with Gasteiger partial charge in [0.15, 0.2) is 5.69 Å². The molecule has 5 N–H and O–H groups in total. The highest BCUT2D eigenvalue weighted by molar-refractivity contribution is 5.97. The van der Waals surface area contributed by atoms with Crippen molar-refractivity contribution in [3.63, 3.8) is 0 Å². The summed E-state index contributed by atoms with van der Waals surface area (Å²) in [5.74, 6) is 0.0982. The Hall–Kier alpha value is -2.67. The van der Waals surface area contributed by atoms with Crippen LogP contribution in [0.15, 0.2) is 24.4 Å². The number of hydrogen-bond donors (Lipinski definition) is 4. The third-order valence-corrected chi connectivity index (χ3v) is 4.19. The average Bonchev–Trinajstić information content (AvgIpc) is 2.54. The Morgan fingerprint density at radius 1 is 1.24 bits per heavy atom. The van der Waals surface area contributed by atoms with Crippen LogP contribution in [0.4, 0.5) is 17.2 Å². The van der Waals surface area contributed by atoms with E-state index in [0.29, 0.717) is 17.5 Å². The lowest BCUT2D eigenvalue weighted by atomic mass is 10.1. The molecular formula is C18H24N6O. The van der Waals surface area contributed by atoms with Gasteiger partial charge in [-0.1, -0.05) is 0 Å². The van der Waals surface area contributed by atoms with E-state index in [-0.39, 0.29) is 5.69 Å². The zero-order chi connectivity index (χ0) is 17.8. The van der Waals surface area contributed by atoms with Crippen molar-refractivity contribution in [2.75, 3.05) is 23.7 Å². The van der Waals surface area contributed by atoms with E-state index in [1.54, 1.807) is 6.20 Å². The standard InChI is InChI=1S/C18H24N6O/c1-11-7-12(2)22-16(8-11)24-15-9-14(10-21-17(15)18(19)25)23-13-3-5-20-6-4-13/h7-10,13,20,23H,3-6H2,1-2H3,(H2,19,25)(H,22,24). The minimum absolute atomic E-state index is 0.205. The van der Waals surface area contributed by atoms with E-state index in [1.807, 2.05) is 32.0 Å². The number of carbonyl (C=O) groups is 1. The molecule has 0 spiro atoms. The molecule has 1 fully saturated rings. The molecule has 1 saturated heterocycles. The molecule has 2 aromatic rings. The highest BCUT2D eigenvalue weighted by Gasteiger charge is 2.16. The van der Waals surface area contributed by atoms with Crippen LogP contribution in [0, 0.1) is 13.8 Å². The Morgan fingerprint density at radius 3 is 2.68 bits per heavy atom. The number of aryl methyl sites for hydroxylation is 2. The summed E-state index contributed by atoms with van der Waals surface area (Å²) in [5.41, 5.74) is 9.09. The summed E-state index contributed by atoms with van der Waals surface area (Å²) in [6.07, 6.45) is 3.76. The number of nitrogens with two attached hydrogens (primary N) is 1. The Kier molecular flexibility index (Phi) is 5.14. The van der Waals surface area contributed by atoms with Crippen molar-refractivity contribution < 1.29 is 4.79 Å². The quantitative estimate of drug-likeness (QED) is 0.664. The maximum Gasteiger partial charge on any atom is 0.269 e. The van der Waals surface area contributed by atoms with E-state index in [2.05, 4.69) is 25.9 Å². The largest absolute Gasteiger partial charge is 0.381 e. The summed E-state index contributed by atoms with van der Waals surface area (Å²) in [4.78, 5) is 20.4. The van der Waals surface area contributed by atoms with Crippen LogP contribution in [0.3, 0.4) is 0 Å². The van der Waals surface area contributed by atoms with Gasteiger partial charge in [-0.25, -0.2) is 9.97 Å². The van der Waals surface area contributed by atoms with Crippen LogP contribution in [-0.2, 0) is 0 Å². The summed E-state index contributed by atoms with van der Waals surface area (Å²) < 4.78 is 0. The van der Waals surface area contributed by atoms with Crippen LogP contribution in [-0.4, -0.2) is 35.0 Å². The first kappa shape index (κ1) is 17.2. The number of nitrogens with zero attached hydrogens (tertiary/aromatic N) is 2. The summed E-state index contributed by atoms with van der Waals surface area (Å²) in [5, 5.41) is 10.0. The molecule has 1 aliphatic rings. The minimum atomic E-state index is -0.569. The number of primary amides is 1. The average molecular weight is 340 g/mol. The van der Waals surface area contributed by atoms with Crippen LogP contribution < -0.4 is 21.7 Å². The Balaban J connectivity index is 1.86. The zero-order valence-corrected chi connectivity index (χ0v) is 14.6. The Labute approximate surface area is 147 Å². The Bertz CT molecular complexity index is 750. The van der Waals surface area contributed by atoms with Crippen LogP contribution in [0.2, 0.25) is 0 Å². The fraction of sp³-hybridized carbons (Fsp3) is 0.389. The number of hydrogen-bond acceptors (Lipinski definition) is 6. The molecule has 7 heteroatoms. The van der Waals surface area contributed by atoms with Gasteiger partial charge in [0.2, 0.25) is 0 Å². The van der Waals surface area contributed by atoms with Gasteiger partial charge in [0, 0.05) is 11.7 Å².